The third-order valence-electron chi connectivity index (χ3n) is 2.07. The van der Waals surface area contributed by atoms with Gasteiger partial charge in [-0.1, -0.05) is 0 Å². The summed E-state index contributed by atoms with van der Waals surface area (Å²) in [7, 11) is 0. The number of anilines is 1. The van der Waals surface area contributed by atoms with Crippen LogP contribution < -0.4 is 5.73 Å². The van der Waals surface area contributed by atoms with E-state index >= 15 is 0 Å². The molecule has 0 aliphatic heterocycles. The molecule has 0 radical (unpaired) electrons. The molecule has 6 heteroatoms. The molecule has 15 heavy (non-hydrogen) atoms. The fourth-order valence-corrected chi connectivity index (χ4v) is 1.56. The second kappa shape index (κ2) is 3.06. The van der Waals surface area contributed by atoms with Gasteiger partial charge in [0.25, 0.3) is 0 Å². The van der Waals surface area contributed by atoms with E-state index in [2.05, 4.69) is 15.1 Å². The van der Waals surface area contributed by atoms with Crippen LogP contribution in [-0.2, 0) is 5.54 Å². The van der Waals surface area contributed by atoms with Gasteiger partial charge in [0.15, 0.2) is 5.65 Å². The first-order valence-corrected chi connectivity index (χ1v) is 4.94. The molecule has 5 nitrogen and oxygen atoms in total. The minimum atomic E-state index is -0.161. The lowest BCUT2D eigenvalue weighted by Gasteiger charge is -2.19. The van der Waals surface area contributed by atoms with Gasteiger partial charge < -0.3 is 5.73 Å². The van der Waals surface area contributed by atoms with Gasteiger partial charge in [-0.05, 0) is 32.4 Å². The van der Waals surface area contributed by atoms with Gasteiger partial charge in [-0.15, -0.1) is 0 Å². The highest BCUT2D eigenvalue weighted by Crippen LogP contribution is 2.24. The normalized spacial score (nSPS) is 12.3. The Morgan fingerprint density at radius 2 is 2.00 bits per heavy atom. The number of nitrogens with zero attached hydrogens (tertiary/aromatic N) is 4. The number of hydrogen-bond donors (Lipinski definition) is 1. The Hall–Kier alpha value is -1.36. The molecule has 80 valence electrons. The van der Waals surface area contributed by atoms with E-state index in [4.69, 9.17) is 17.3 Å². The zero-order valence-electron chi connectivity index (χ0n) is 8.82. The highest BCUT2D eigenvalue weighted by Gasteiger charge is 2.19. The maximum absolute atomic E-state index is 5.76. The van der Waals surface area contributed by atoms with Gasteiger partial charge in [-0.25, -0.2) is 9.67 Å². The van der Waals surface area contributed by atoms with Gasteiger partial charge >= 0.3 is 0 Å². The molecule has 0 bridgehead atoms. The number of nitrogen functional groups attached to an aromatic ring is 1. The first-order valence-electron chi connectivity index (χ1n) is 4.57. The Labute approximate surface area is 92.3 Å². The molecule has 2 N–H and O–H groups in total. The van der Waals surface area contributed by atoms with E-state index in [1.54, 1.807) is 10.9 Å². The molecule has 0 amide bonds. The van der Waals surface area contributed by atoms with E-state index in [0.29, 0.717) is 11.5 Å². The molecular formula is C9H12ClN5. The Bertz CT molecular complexity index is 511. The number of aromatic nitrogens is 4. The topological polar surface area (TPSA) is 69.6 Å². The zero-order valence-corrected chi connectivity index (χ0v) is 9.58. The van der Waals surface area contributed by atoms with Gasteiger partial charge in [0.1, 0.15) is 5.82 Å². The van der Waals surface area contributed by atoms with E-state index in [1.165, 1.54) is 0 Å². The summed E-state index contributed by atoms with van der Waals surface area (Å²) in [4.78, 5) is 8.01. The molecule has 0 fully saturated rings. The van der Waals surface area contributed by atoms with Gasteiger partial charge in [-0.3, -0.25) is 0 Å². The molecule has 0 spiro atoms. The number of rotatable bonds is 0. The van der Waals surface area contributed by atoms with Gasteiger partial charge in [0.2, 0.25) is 5.28 Å². The average Bonchev–Trinajstić information content (AvgIpc) is 2.45. The highest BCUT2D eigenvalue weighted by molar-refractivity contribution is 6.28. The summed E-state index contributed by atoms with van der Waals surface area (Å²) in [5.41, 5.74) is 6.23. The zero-order chi connectivity index (χ0) is 11.2. The Morgan fingerprint density at radius 1 is 1.33 bits per heavy atom. The lowest BCUT2D eigenvalue weighted by atomic mass is 10.1. The van der Waals surface area contributed by atoms with Gasteiger partial charge in [0.05, 0.1) is 17.1 Å². The SMILES string of the molecule is CC(C)(C)n1ncc2c(N)nc(Cl)nc21. The maximum atomic E-state index is 5.76. The summed E-state index contributed by atoms with van der Waals surface area (Å²) in [6, 6.07) is 0. The Morgan fingerprint density at radius 3 is 2.60 bits per heavy atom. The highest BCUT2D eigenvalue weighted by atomic mass is 35.5. The van der Waals surface area contributed by atoms with Crippen LogP contribution in [0.5, 0.6) is 0 Å². The van der Waals surface area contributed by atoms with E-state index in [9.17, 15) is 0 Å². The number of hydrogen-bond acceptors (Lipinski definition) is 4. The lowest BCUT2D eigenvalue weighted by Crippen LogP contribution is -2.23. The van der Waals surface area contributed by atoms with Crippen molar-refractivity contribution >= 4 is 28.5 Å². The molecule has 0 unspecified atom stereocenters. The van der Waals surface area contributed by atoms with Crippen molar-refractivity contribution < 1.29 is 0 Å². The molecule has 2 aromatic rings. The van der Waals surface area contributed by atoms with Crippen LogP contribution in [-0.4, -0.2) is 19.7 Å². The van der Waals surface area contributed by atoms with Crippen LogP contribution in [0.3, 0.4) is 0 Å². The Kier molecular flexibility index (Phi) is 2.08. The maximum Gasteiger partial charge on any atom is 0.226 e. The fraction of sp³-hybridized carbons (Fsp3) is 0.444. The second-order valence-electron chi connectivity index (χ2n) is 4.34. The summed E-state index contributed by atoms with van der Waals surface area (Å²) in [6.07, 6.45) is 1.66. The third-order valence-corrected chi connectivity index (χ3v) is 2.24. The third kappa shape index (κ3) is 1.63. The van der Waals surface area contributed by atoms with Crippen LogP contribution in [0, 0.1) is 0 Å². The van der Waals surface area contributed by atoms with Crippen molar-refractivity contribution in [3.63, 3.8) is 0 Å². The van der Waals surface area contributed by atoms with Gasteiger partial charge in [-0.2, -0.15) is 10.1 Å². The molecule has 0 atom stereocenters. The van der Waals surface area contributed by atoms with Crippen LogP contribution in [0.15, 0.2) is 6.20 Å². The summed E-state index contributed by atoms with van der Waals surface area (Å²) >= 11 is 5.76. The van der Waals surface area contributed by atoms with Crippen LogP contribution in [0.25, 0.3) is 11.0 Å². The molecule has 0 saturated carbocycles. The van der Waals surface area contributed by atoms with E-state index in [0.717, 1.165) is 5.39 Å². The molecule has 0 aromatic carbocycles. The Balaban J connectivity index is 2.80. The smallest absolute Gasteiger partial charge is 0.226 e. The monoisotopic (exact) mass is 225 g/mol. The lowest BCUT2D eigenvalue weighted by molar-refractivity contribution is 0.366. The fourth-order valence-electron chi connectivity index (χ4n) is 1.39. The van der Waals surface area contributed by atoms with Crippen molar-refractivity contribution in [3.8, 4) is 0 Å². The van der Waals surface area contributed by atoms with Crippen molar-refractivity contribution in [2.24, 2.45) is 0 Å². The van der Waals surface area contributed by atoms with E-state index in [1.807, 2.05) is 20.8 Å². The van der Waals surface area contributed by atoms with Gasteiger partial charge in [0, 0.05) is 0 Å². The quantitative estimate of drug-likeness (QED) is 0.695. The van der Waals surface area contributed by atoms with Crippen molar-refractivity contribution in [1.82, 2.24) is 19.7 Å². The summed E-state index contributed by atoms with van der Waals surface area (Å²) in [5, 5.41) is 5.12. The van der Waals surface area contributed by atoms with Crippen molar-refractivity contribution in [3.05, 3.63) is 11.5 Å². The van der Waals surface area contributed by atoms with Crippen LogP contribution >= 0.6 is 11.6 Å². The van der Waals surface area contributed by atoms with Crippen molar-refractivity contribution in [1.29, 1.82) is 0 Å². The largest absolute Gasteiger partial charge is 0.383 e. The predicted octanol–water partition coefficient (Wildman–Crippen LogP) is 1.82. The molecular weight excluding hydrogens is 214 g/mol. The predicted molar refractivity (Wildman–Crippen MR) is 59.7 cm³/mol. The second-order valence-corrected chi connectivity index (χ2v) is 4.68. The van der Waals surface area contributed by atoms with Crippen molar-refractivity contribution in [2.45, 2.75) is 26.3 Å². The summed E-state index contributed by atoms with van der Waals surface area (Å²) < 4.78 is 1.78. The average molecular weight is 226 g/mol. The summed E-state index contributed by atoms with van der Waals surface area (Å²) in [5.74, 6) is 0.362. The first kappa shape index (κ1) is 10.2. The minimum Gasteiger partial charge on any atom is -0.383 e. The van der Waals surface area contributed by atoms with E-state index in [-0.39, 0.29) is 10.8 Å². The molecule has 0 aliphatic rings. The number of nitrogens with two attached hydrogens (primary N) is 1. The molecule has 0 aliphatic carbocycles. The number of fused-ring (bicyclic) bond motifs is 1. The molecule has 0 saturated heterocycles. The first-order chi connectivity index (χ1) is 6.89. The van der Waals surface area contributed by atoms with Crippen LogP contribution in [0.4, 0.5) is 5.82 Å². The van der Waals surface area contributed by atoms with E-state index < -0.39 is 0 Å². The standard InChI is InChI=1S/C9H12ClN5/c1-9(2,3)15-7-5(4-12-15)6(11)13-8(10)14-7/h4H,1-3H3,(H2,11,13,14). The summed E-state index contributed by atoms with van der Waals surface area (Å²) in [6.45, 7) is 6.10. The van der Waals surface area contributed by atoms with Crippen LogP contribution in [0.1, 0.15) is 20.8 Å². The van der Waals surface area contributed by atoms with Crippen LogP contribution in [0.2, 0.25) is 5.28 Å². The molecule has 2 rings (SSSR count). The number of halogens is 1. The minimum absolute atomic E-state index is 0.144. The van der Waals surface area contributed by atoms with Crippen molar-refractivity contribution in [2.75, 3.05) is 5.73 Å². The molecule has 2 aromatic heterocycles. The molecule has 2 heterocycles.